The predicted molar refractivity (Wildman–Crippen MR) is 286 cm³/mol. The summed E-state index contributed by atoms with van der Waals surface area (Å²) in [7, 11) is 0. The molecule has 0 atom stereocenters. The first-order valence-corrected chi connectivity index (χ1v) is 23.6. The van der Waals surface area contributed by atoms with Crippen molar-refractivity contribution >= 4 is 54.6 Å². The third-order valence-corrected chi connectivity index (χ3v) is 11.5. The maximum absolute atomic E-state index is 10.3. The van der Waals surface area contributed by atoms with Gasteiger partial charge >= 0.3 is 0 Å². The van der Waals surface area contributed by atoms with Crippen molar-refractivity contribution in [3.8, 4) is 34.3 Å². The number of hydrogen-bond acceptors (Lipinski definition) is 9. The summed E-state index contributed by atoms with van der Waals surface area (Å²) in [6.07, 6.45) is 1.27. The zero-order chi connectivity index (χ0) is 49.2. The molecule has 0 aliphatic rings. The number of aromatic hydroxyl groups is 1. The van der Waals surface area contributed by atoms with Gasteiger partial charge in [0.2, 0.25) is 0 Å². The first-order chi connectivity index (χ1) is 33.6. The van der Waals surface area contributed by atoms with Gasteiger partial charge in [-0.15, -0.1) is 39.3 Å². The van der Waals surface area contributed by atoms with Crippen LogP contribution in [0.15, 0.2) is 152 Å². The number of nitrogens with zero attached hydrogens (tertiary/aromatic N) is 9. The predicted octanol–water partition coefficient (Wildman–Crippen LogP) is 13.8. The summed E-state index contributed by atoms with van der Waals surface area (Å²) in [6, 6.07) is 55.6. The van der Waals surface area contributed by atoms with Crippen LogP contribution in [0.4, 0.5) is 0 Å². The van der Waals surface area contributed by atoms with Crippen LogP contribution in [0.25, 0.3) is 71.7 Å². The topological polar surface area (TPSA) is 131 Å². The molecule has 8 aromatic carbocycles. The van der Waals surface area contributed by atoms with Crippen LogP contribution in [0, 0.1) is 17.5 Å². The molecule has 0 bridgehead atoms. The van der Waals surface area contributed by atoms with Gasteiger partial charge in [-0.1, -0.05) is 142 Å². The maximum Gasteiger partial charge on any atom is 0.143 e. The molecule has 0 saturated heterocycles. The van der Waals surface area contributed by atoms with E-state index in [-0.39, 0.29) is 56.3 Å². The first-order valence-electron chi connectivity index (χ1n) is 23.6. The Morgan fingerprint density at radius 1 is 0.486 bits per heavy atom. The molecule has 3 aromatic heterocycles. The number of fused-ring (bicyclic) bond motifs is 5. The number of ether oxygens (including phenoxy) is 2. The standard InChI is InChI=1S/C20H25N3O.2C19H16N3O.CH4.Ir/c1-19(2,3)13-20(4,5)14-10-11-18(24)17(12-14)23-21-15-8-6-7-9-16(15)22-23;2*1-13(2)23-19-12-11-18(14-7-3-4-8-15(14)19)22-20-16-9-5-6-10-17(16)21-22;;/h6-12,24H,13H2,1-5H3;2*3-10,12-13H,1-2H3;1H4;/q;2*-1;;. The largest absolute Gasteiger partial charge is 0.548 e. The van der Waals surface area contributed by atoms with Gasteiger partial charge in [0.05, 0.1) is 12.2 Å². The van der Waals surface area contributed by atoms with E-state index in [1.54, 1.807) is 15.7 Å². The SMILES string of the molecule is C.CC(C)(C)CC(C)(C)c1ccc(O)c(-n2nc3ccccc3n2)c1.CC(C)Oc1c[c-]c(-n2nc3ccccc3n2)c2ccccc12.CC(C)Oc1c[c-]c(-n2nc3ccccc3n2)c2ccccc12.[Ir]. The Bertz CT molecular complexity index is 3340. The summed E-state index contributed by atoms with van der Waals surface area (Å²) < 4.78 is 11.8. The zero-order valence-electron chi connectivity index (χ0n) is 41.4. The Kier molecular flexibility index (Phi) is 15.9. The molecule has 3 heterocycles. The molecule has 0 amide bonds. The summed E-state index contributed by atoms with van der Waals surface area (Å²) in [5.74, 6) is 1.85. The van der Waals surface area contributed by atoms with E-state index in [0.29, 0.717) is 5.69 Å². The molecule has 0 saturated carbocycles. The Morgan fingerprint density at radius 2 is 0.819 bits per heavy atom. The Hall–Kier alpha value is -7.47. The second-order valence-electron chi connectivity index (χ2n) is 19.7. The minimum absolute atomic E-state index is 0. The molecule has 0 aliphatic heterocycles. The quantitative estimate of drug-likeness (QED) is 0.140. The fraction of sp³-hybridized carbons (Fsp3) is 0.254. The fourth-order valence-corrected chi connectivity index (χ4v) is 8.84. The Labute approximate surface area is 435 Å². The van der Waals surface area contributed by atoms with Crippen LogP contribution in [0.2, 0.25) is 0 Å². The second-order valence-corrected chi connectivity index (χ2v) is 19.7. The van der Waals surface area contributed by atoms with Crippen LogP contribution < -0.4 is 9.47 Å². The molecule has 0 fully saturated rings. The molecule has 0 aliphatic carbocycles. The summed E-state index contributed by atoms with van der Waals surface area (Å²) >= 11 is 0. The van der Waals surface area contributed by atoms with Crippen LogP contribution >= 0.6 is 0 Å². The number of aromatic nitrogens is 9. The minimum atomic E-state index is -0.00667. The van der Waals surface area contributed by atoms with E-state index in [1.165, 1.54) is 10.4 Å². The second kappa shape index (κ2) is 21.9. The molecule has 11 rings (SSSR count). The van der Waals surface area contributed by atoms with Gasteiger partial charge in [0.25, 0.3) is 0 Å². The molecule has 72 heavy (non-hydrogen) atoms. The molecule has 12 nitrogen and oxygen atoms in total. The van der Waals surface area contributed by atoms with Crippen molar-refractivity contribution in [2.24, 2.45) is 5.41 Å². The van der Waals surface area contributed by atoms with Crippen LogP contribution in [-0.2, 0) is 25.5 Å². The molecule has 13 heteroatoms. The van der Waals surface area contributed by atoms with Crippen molar-refractivity contribution in [2.45, 2.75) is 93.8 Å². The van der Waals surface area contributed by atoms with Crippen LogP contribution in [0.5, 0.6) is 17.2 Å². The number of phenolic OH excluding ortho intramolecular Hbond substituents is 1. The fourth-order valence-electron chi connectivity index (χ4n) is 8.84. The average molecular weight is 1140 g/mol. The van der Waals surface area contributed by atoms with Crippen molar-refractivity contribution in [1.82, 2.24) is 45.0 Å². The van der Waals surface area contributed by atoms with Crippen molar-refractivity contribution in [2.75, 3.05) is 0 Å². The Morgan fingerprint density at radius 3 is 1.17 bits per heavy atom. The number of phenols is 1. The smallest absolute Gasteiger partial charge is 0.143 e. The molecular formula is C59H61IrN9O3-2. The van der Waals surface area contributed by atoms with Crippen molar-refractivity contribution in [3.05, 3.63) is 169 Å². The van der Waals surface area contributed by atoms with Gasteiger partial charge in [0.15, 0.2) is 0 Å². The van der Waals surface area contributed by atoms with Crippen molar-refractivity contribution in [3.63, 3.8) is 0 Å². The summed E-state index contributed by atoms with van der Waals surface area (Å²) in [5.41, 5.74) is 8.76. The molecular weight excluding hydrogens is 1070 g/mol. The van der Waals surface area contributed by atoms with E-state index >= 15 is 0 Å². The van der Waals surface area contributed by atoms with Gasteiger partial charge in [-0.2, -0.15) is 42.1 Å². The Balaban J connectivity index is 0.000000156. The third-order valence-electron chi connectivity index (χ3n) is 11.5. The van der Waals surface area contributed by atoms with Gasteiger partial charge in [-0.3, -0.25) is 0 Å². The van der Waals surface area contributed by atoms with Crippen molar-refractivity contribution < 1.29 is 34.7 Å². The number of benzene rings is 8. The van der Waals surface area contributed by atoms with Gasteiger partial charge < -0.3 is 14.6 Å². The summed E-state index contributed by atoms with van der Waals surface area (Å²) in [6.45, 7) is 19.3. The van der Waals surface area contributed by atoms with Crippen molar-refractivity contribution in [1.29, 1.82) is 0 Å². The molecule has 1 N–H and O–H groups in total. The number of hydrogen-bond donors (Lipinski definition) is 1. The molecule has 371 valence electrons. The van der Waals surface area contributed by atoms with Gasteiger partial charge in [-0.25, -0.2) is 0 Å². The van der Waals surface area contributed by atoms with Crippen LogP contribution in [-0.4, -0.2) is 62.3 Å². The average Bonchev–Trinajstić information content (AvgIpc) is 4.09. The molecule has 0 spiro atoms. The minimum Gasteiger partial charge on any atom is -0.548 e. The van der Waals surface area contributed by atoms with E-state index in [9.17, 15) is 5.11 Å². The molecule has 11 aromatic rings. The van der Waals surface area contributed by atoms with E-state index in [1.807, 2.05) is 173 Å². The monoisotopic (exact) mass is 1140 g/mol. The maximum atomic E-state index is 10.3. The van der Waals surface area contributed by atoms with Gasteiger partial charge in [0, 0.05) is 31.6 Å². The first kappa shape index (κ1) is 52.4. The van der Waals surface area contributed by atoms with E-state index in [2.05, 4.69) is 77.3 Å². The number of rotatable bonds is 9. The molecule has 1 radical (unpaired) electrons. The van der Waals surface area contributed by atoms with Crippen LogP contribution in [0.1, 0.15) is 81.7 Å². The zero-order valence-corrected chi connectivity index (χ0v) is 43.8. The van der Waals surface area contributed by atoms with E-state index in [4.69, 9.17) is 9.47 Å². The third kappa shape index (κ3) is 11.7. The molecule has 0 unspecified atom stereocenters. The van der Waals surface area contributed by atoms with E-state index in [0.717, 1.165) is 83.9 Å². The normalized spacial score (nSPS) is 11.5. The van der Waals surface area contributed by atoms with Gasteiger partial charge in [-0.05, 0) is 110 Å². The van der Waals surface area contributed by atoms with E-state index < -0.39 is 0 Å². The van der Waals surface area contributed by atoms with Gasteiger partial charge in [0.1, 0.15) is 44.5 Å². The summed E-state index contributed by atoms with van der Waals surface area (Å²) in [5, 5.41) is 41.6. The summed E-state index contributed by atoms with van der Waals surface area (Å²) in [4.78, 5) is 4.81. The van der Waals surface area contributed by atoms with Crippen LogP contribution in [0.3, 0.4) is 0 Å².